The zero-order chi connectivity index (χ0) is 14.8. The average molecular weight is 280 g/mol. The summed E-state index contributed by atoms with van der Waals surface area (Å²) in [6.07, 6.45) is 0. The molecule has 1 heterocycles. The monoisotopic (exact) mass is 280 g/mol. The van der Waals surface area contributed by atoms with Gasteiger partial charge in [-0.15, -0.1) is 0 Å². The average Bonchev–Trinajstić information content (AvgIpc) is 2.53. The predicted molar refractivity (Wildman–Crippen MR) is 80.4 cm³/mol. The van der Waals surface area contributed by atoms with Gasteiger partial charge in [-0.3, -0.25) is 10.1 Å². The molecule has 5 heteroatoms. The first-order chi connectivity index (χ1) is 10.2. The molecule has 2 aromatic carbocycles. The van der Waals surface area contributed by atoms with E-state index in [0.29, 0.717) is 22.5 Å². The summed E-state index contributed by atoms with van der Waals surface area (Å²) in [5.41, 5.74) is 1.61. The van der Waals surface area contributed by atoms with Crippen LogP contribution >= 0.6 is 0 Å². The van der Waals surface area contributed by atoms with Crippen LogP contribution in [-0.2, 0) is 0 Å². The van der Waals surface area contributed by atoms with E-state index in [1.165, 1.54) is 7.11 Å². The van der Waals surface area contributed by atoms with Crippen molar-refractivity contribution in [2.45, 2.75) is 0 Å². The Labute approximate surface area is 121 Å². The summed E-state index contributed by atoms with van der Waals surface area (Å²) in [7, 11) is 1.53. The lowest BCUT2D eigenvalue weighted by molar-refractivity contribution is -0.384. The number of methoxy groups -OCH3 is 1. The fraction of sp³-hybridized carbons (Fsp3) is 0.0625. The van der Waals surface area contributed by atoms with Crippen molar-refractivity contribution in [1.82, 2.24) is 4.98 Å². The number of hydrogen-bond donors (Lipinski definition) is 0. The van der Waals surface area contributed by atoms with Crippen LogP contribution in [-0.4, -0.2) is 17.0 Å². The van der Waals surface area contributed by atoms with Crippen LogP contribution in [0.5, 0.6) is 5.75 Å². The first kappa shape index (κ1) is 13.1. The summed E-state index contributed by atoms with van der Waals surface area (Å²) in [4.78, 5) is 15.4. The molecule has 0 aliphatic rings. The van der Waals surface area contributed by atoms with E-state index < -0.39 is 4.92 Å². The fourth-order valence-corrected chi connectivity index (χ4v) is 2.28. The largest absolute Gasteiger partial charge is 0.496 e. The molecule has 0 N–H and O–H groups in total. The second kappa shape index (κ2) is 5.20. The third-order valence-electron chi connectivity index (χ3n) is 3.26. The van der Waals surface area contributed by atoms with Gasteiger partial charge < -0.3 is 4.74 Å². The molecule has 1 aromatic heterocycles. The van der Waals surface area contributed by atoms with E-state index in [9.17, 15) is 10.1 Å². The molecule has 0 bridgehead atoms. The first-order valence-electron chi connectivity index (χ1n) is 6.38. The van der Waals surface area contributed by atoms with E-state index in [1.54, 1.807) is 30.3 Å². The van der Waals surface area contributed by atoms with Gasteiger partial charge >= 0.3 is 0 Å². The highest BCUT2D eigenvalue weighted by Crippen LogP contribution is 2.36. The van der Waals surface area contributed by atoms with Crippen molar-refractivity contribution in [3.8, 4) is 17.0 Å². The SMILES string of the molecule is COc1ccccc1-c1nc2ccccc2cc1[N+](=O)[O-]. The van der Waals surface area contributed by atoms with Crippen LogP contribution < -0.4 is 4.74 Å². The minimum atomic E-state index is -0.415. The van der Waals surface area contributed by atoms with E-state index in [1.807, 2.05) is 24.3 Å². The standard InChI is InChI=1S/C16H12N2O3/c1-21-15-9-5-3-7-12(15)16-14(18(19)20)10-11-6-2-4-8-13(11)17-16/h2-10H,1H3. The number of fused-ring (bicyclic) bond motifs is 1. The third kappa shape index (κ3) is 2.29. The number of nitrogens with zero attached hydrogens (tertiary/aromatic N) is 2. The molecule has 0 atom stereocenters. The lowest BCUT2D eigenvalue weighted by Crippen LogP contribution is -1.97. The fourth-order valence-electron chi connectivity index (χ4n) is 2.28. The minimum absolute atomic E-state index is 0.0294. The van der Waals surface area contributed by atoms with Gasteiger partial charge in [0.25, 0.3) is 5.69 Å². The second-order valence-electron chi connectivity index (χ2n) is 4.51. The highest BCUT2D eigenvalue weighted by Gasteiger charge is 2.20. The molecule has 0 amide bonds. The van der Waals surface area contributed by atoms with Gasteiger partial charge in [0, 0.05) is 17.0 Å². The highest BCUT2D eigenvalue weighted by molar-refractivity contribution is 5.87. The van der Waals surface area contributed by atoms with Crippen LogP contribution in [0.4, 0.5) is 5.69 Å². The molecule has 0 spiro atoms. The van der Waals surface area contributed by atoms with E-state index in [2.05, 4.69) is 4.98 Å². The quantitative estimate of drug-likeness (QED) is 0.540. The van der Waals surface area contributed by atoms with Crippen LogP contribution in [0.2, 0.25) is 0 Å². The maximum absolute atomic E-state index is 11.4. The van der Waals surface area contributed by atoms with Crippen molar-refractivity contribution < 1.29 is 9.66 Å². The van der Waals surface area contributed by atoms with Crippen molar-refractivity contribution in [1.29, 1.82) is 0 Å². The van der Waals surface area contributed by atoms with Crippen LogP contribution in [0.15, 0.2) is 54.6 Å². The highest BCUT2D eigenvalue weighted by atomic mass is 16.6. The Bertz CT molecular complexity index is 831. The normalized spacial score (nSPS) is 10.5. The first-order valence-corrected chi connectivity index (χ1v) is 6.38. The van der Waals surface area contributed by atoms with E-state index in [-0.39, 0.29) is 5.69 Å². The molecule has 5 nitrogen and oxygen atoms in total. The number of hydrogen-bond acceptors (Lipinski definition) is 4. The molecule has 3 rings (SSSR count). The molecule has 0 unspecified atom stereocenters. The summed E-state index contributed by atoms with van der Waals surface area (Å²) in [5, 5.41) is 12.1. The predicted octanol–water partition coefficient (Wildman–Crippen LogP) is 3.82. The van der Waals surface area contributed by atoms with Gasteiger partial charge in [0.15, 0.2) is 5.69 Å². The van der Waals surface area contributed by atoms with Crippen LogP contribution in [0.1, 0.15) is 0 Å². The number of aromatic nitrogens is 1. The van der Waals surface area contributed by atoms with Gasteiger partial charge in [-0.05, 0) is 18.2 Å². The molecular weight excluding hydrogens is 268 g/mol. The lowest BCUT2D eigenvalue weighted by atomic mass is 10.1. The molecule has 0 aliphatic carbocycles. The van der Waals surface area contributed by atoms with Gasteiger partial charge in [0.1, 0.15) is 5.75 Å². The Morgan fingerprint density at radius 1 is 1.10 bits per heavy atom. The number of ether oxygens (including phenoxy) is 1. The third-order valence-corrected chi connectivity index (χ3v) is 3.26. The van der Waals surface area contributed by atoms with Crippen molar-refractivity contribution >= 4 is 16.6 Å². The molecule has 0 radical (unpaired) electrons. The van der Waals surface area contributed by atoms with Gasteiger partial charge in [-0.1, -0.05) is 30.3 Å². The molecule has 0 saturated heterocycles. The number of pyridine rings is 1. The molecule has 0 fully saturated rings. The maximum Gasteiger partial charge on any atom is 0.296 e. The van der Waals surface area contributed by atoms with Crippen molar-refractivity contribution in [3.05, 3.63) is 64.7 Å². The van der Waals surface area contributed by atoms with E-state index >= 15 is 0 Å². The number of benzene rings is 2. The molecular formula is C16H12N2O3. The smallest absolute Gasteiger partial charge is 0.296 e. The van der Waals surface area contributed by atoms with Crippen molar-refractivity contribution in [3.63, 3.8) is 0 Å². The number of rotatable bonds is 3. The number of nitro groups is 1. The van der Waals surface area contributed by atoms with Crippen LogP contribution in [0.25, 0.3) is 22.2 Å². The zero-order valence-electron chi connectivity index (χ0n) is 11.3. The summed E-state index contributed by atoms with van der Waals surface area (Å²) < 4.78 is 5.28. The Balaban J connectivity index is 2.34. The number of para-hydroxylation sites is 2. The molecule has 0 aliphatic heterocycles. The maximum atomic E-state index is 11.4. The van der Waals surface area contributed by atoms with Crippen molar-refractivity contribution in [2.75, 3.05) is 7.11 Å². The summed E-state index contributed by atoms with van der Waals surface area (Å²) in [6.45, 7) is 0. The topological polar surface area (TPSA) is 65.3 Å². The Hall–Kier alpha value is -2.95. The van der Waals surface area contributed by atoms with Crippen LogP contribution in [0.3, 0.4) is 0 Å². The Morgan fingerprint density at radius 2 is 1.81 bits per heavy atom. The van der Waals surface area contributed by atoms with Gasteiger partial charge in [-0.2, -0.15) is 0 Å². The molecule has 21 heavy (non-hydrogen) atoms. The lowest BCUT2D eigenvalue weighted by Gasteiger charge is -2.09. The van der Waals surface area contributed by atoms with E-state index in [0.717, 1.165) is 5.39 Å². The minimum Gasteiger partial charge on any atom is -0.496 e. The molecule has 3 aromatic rings. The van der Waals surface area contributed by atoms with Gasteiger partial charge in [0.2, 0.25) is 0 Å². The summed E-state index contributed by atoms with van der Waals surface area (Å²) in [5.74, 6) is 0.559. The second-order valence-corrected chi connectivity index (χ2v) is 4.51. The van der Waals surface area contributed by atoms with Crippen molar-refractivity contribution in [2.24, 2.45) is 0 Å². The summed E-state index contributed by atoms with van der Waals surface area (Å²) in [6, 6.07) is 16.0. The van der Waals surface area contributed by atoms with E-state index in [4.69, 9.17) is 4.74 Å². The molecule has 104 valence electrons. The van der Waals surface area contributed by atoms with Gasteiger partial charge in [0.05, 0.1) is 17.5 Å². The zero-order valence-corrected chi connectivity index (χ0v) is 11.3. The van der Waals surface area contributed by atoms with Gasteiger partial charge in [-0.25, -0.2) is 4.98 Å². The summed E-state index contributed by atoms with van der Waals surface area (Å²) >= 11 is 0. The molecule has 0 saturated carbocycles. The van der Waals surface area contributed by atoms with Crippen LogP contribution in [0, 0.1) is 10.1 Å². The Kier molecular flexibility index (Phi) is 3.23. The Morgan fingerprint density at radius 3 is 2.57 bits per heavy atom.